The van der Waals surface area contributed by atoms with Gasteiger partial charge in [-0.25, -0.2) is 4.98 Å². The number of hydrogen-bond acceptors (Lipinski definition) is 5. The predicted molar refractivity (Wildman–Crippen MR) is 84.2 cm³/mol. The summed E-state index contributed by atoms with van der Waals surface area (Å²) in [6.07, 6.45) is 5.57. The fourth-order valence-corrected chi connectivity index (χ4v) is 2.69. The molecule has 3 aromatic rings. The van der Waals surface area contributed by atoms with Gasteiger partial charge in [0.2, 0.25) is 0 Å². The molecule has 0 amide bonds. The third-order valence-electron chi connectivity index (χ3n) is 3.05. The van der Waals surface area contributed by atoms with Crippen molar-refractivity contribution in [3.63, 3.8) is 0 Å². The maximum atomic E-state index is 8.88. The normalized spacial score (nSPS) is 10.7. The van der Waals surface area contributed by atoms with Gasteiger partial charge in [-0.2, -0.15) is 5.10 Å². The first kappa shape index (κ1) is 13.8. The Kier molecular flexibility index (Phi) is 4.28. The number of nitrogens with one attached hydrogen (secondary N) is 1. The molecule has 5 nitrogen and oxygen atoms in total. The van der Waals surface area contributed by atoms with Crippen molar-refractivity contribution < 1.29 is 5.11 Å². The molecule has 2 aromatic heterocycles. The quantitative estimate of drug-likeness (QED) is 0.734. The molecule has 0 saturated carbocycles. The van der Waals surface area contributed by atoms with Crippen LogP contribution in [0.5, 0.6) is 0 Å². The van der Waals surface area contributed by atoms with E-state index in [1.54, 1.807) is 16.0 Å². The highest BCUT2D eigenvalue weighted by Crippen LogP contribution is 2.24. The molecule has 6 heteroatoms. The van der Waals surface area contributed by atoms with Crippen molar-refractivity contribution >= 4 is 17.0 Å². The summed E-state index contributed by atoms with van der Waals surface area (Å²) >= 11 is 1.63. The van der Waals surface area contributed by atoms with Crippen molar-refractivity contribution in [3.05, 3.63) is 53.8 Å². The molecule has 108 valence electrons. The zero-order valence-electron chi connectivity index (χ0n) is 11.4. The van der Waals surface area contributed by atoms with Gasteiger partial charge in [-0.1, -0.05) is 12.1 Å². The summed E-state index contributed by atoms with van der Waals surface area (Å²) in [6.45, 7) is 1.33. The van der Waals surface area contributed by atoms with Crippen molar-refractivity contribution in [2.45, 2.75) is 13.1 Å². The summed E-state index contributed by atoms with van der Waals surface area (Å²) in [4.78, 5) is 4.32. The molecular weight excluding hydrogens is 284 g/mol. The van der Waals surface area contributed by atoms with Crippen molar-refractivity contribution in [2.75, 3.05) is 11.9 Å². The van der Waals surface area contributed by atoms with Gasteiger partial charge in [-0.3, -0.25) is 4.68 Å². The van der Waals surface area contributed by atoms with Crippen LogP contribution in [0.25, 0.3) is 10.6 Å². The van der Waals surface area contributed by atoms with Crippen LogP contribution in [0.2, 0.25) is 0 Å². The number of aliphatic hydroxyl groups excluding tert-OH is 1. The van der Waals surface area contributed by atoms with Gasteiger partial charge in [0, 0.05) is 41.1 Å². The second kappa shape index (κ2) is 6.51. The maximum absolute atomic E-state index is 8.88. The largest absolute Gasteiger partial charge is 0.394 e. The zero-order chi connectivity index (χ0) is 14.5. The fourth-order valence-electron chi connectivity index (χ4n) is 2.05. The first-order valence-corrected chi connectivity index (χ1v) is 7.59. The molecule has 2 N–H and O–H groups in total. The third-order valence-corrected chi connectivity index (χ3v) is 3.88. The summed E-state index contributed by atoms with van der Waals surface area (Å²) in [5.41, 5.74) is 3.26. The molecule has 0 atom stereocenters. The molecule has 0 spiro atoms. The van der Waals surface area contributed by atoms with Crippen LogP contribution in [0.3, 0.4) is 0 Å². The predicted octanol–water partition coefficient (Wildman–Crippen LogP) is 2.61. The lowest BCUT2D eigenvalue weighted by atomic mass is 10.2. The van der Waals surface area contributed by atoms with Crippen LogP contribution < -0.4 is 5.32 Å². The number of aliphatic hydroxyl groups is 1. The molecule has 0 aliphatic carbocycles. The molecule has 0 fully saturated rings. The van der Waals surface area contributed by atoms with E-state index in [9.17, 15) is 0 Å². The number of nitrogens with zero attached hydrogens (tertiary/aromatic N) is 3. The molecule has 0 aliphatic heterocycles. The smallest absolute Gasteiger partial charge is 0.123 e. The summed E-state index contributed by atoms with van der Waals surface area (Å²) in [5, 5.41) is 19.4. The highest BCUT2D eigenvalue weighted by Gasteiger charge is 2.02. The molecule has 2 heterocycles. The third kappa shape index (κ3) is 3.48. The number of thiazole rings is 1. The van der Waals surface area contributed by atoms with Crippen LogP contribution in [0.4, 0.5) is 5.69 Å². The van der Waals surface area contributed by atoms with Crippen LogP contribution >= 0.6 is 11.3 Å². The van der Waals surface area contributed by atoms with Gasteiger partial charge in [0.1, 0.15) is 5.01 Å². The Hall–Kier alpha value is -2.18. The monoisotopic (exact) mass is 300 g/mol. The Morgan fingerprint density at radius 3 is 3.10 bits per heavy atom. The minimum Gasteiger partial charge on any atom is -0.394 e. The zero-order valence-corrected chi connectivity index (χ0v) is 12.3. The number of anilines is 1. The minimum atomic E-state index is 0.102. The topological polar surface area (TPSA) is 63.0 Å². The Balaban J connectivity index is 1.66. The number of benzene rings is 1. The van der Waals surface area contributed by atoms with Crippen molar-refractivity contribution in [1.82, 2.24) is 14.8 Å². The highest BCUT2D eigenvalue weighted by molar-refractivity contribution is 7.13. The second-order valence-electron chi connectivity index (χ2n) is 4.61. The molecule has 21 heavy (non-hydrogen) atoms. The lowest BCUT2D eigenvalue weighted by Crippen LogP contribution is -2.02. The van der Waals surface area contributed by atoms with Gasteiger partial charge >= 0.3 is 0 Å². The van der Waals surface area contributed by atoms with E-state index in [1.165, 1.54) is 0 Å². The van der Waals surface area contributed by atoms with E-state index < -0.39 is 0 Å². The Morgan fingerprint density at radius 2 is 2.29 bits per heavy atom. The Morgan fingerprint density at radius 1 is 1.33 bits per heavy atom. The molecule has 0 radical (unpaired) electrons. The number of rotatable bonds is 6. The molecular formula is C15H16N4OS. The number of aromatic nitrogens is 3. The fraction of sp³-hybridized carbons (Fsp3) is 0.200. The van der Waals surface area contributed by atoms with Gasteiger partial charge in [0.05, 0.1) is 19.3 Å². The Labute approximate surface area is 126 Å². The van der Waals surface area contributed by atoms with E-state index in [0.717, 1.165) is 21.8 Å². The Bertz CT molecular complexity index is 693. The van der Waals surface area contributed by atoms with Crippen molar-refractivity contribution in [2.24, 2.45) is 0 Å². The molecule has 0 aliphatic rings. The van der Waals surface area contributed by atoms with E-state index in [4.69, 9.17) is 5.11 Å². The molecule has 0 unspecified atom stereocenters. The first-order chi connectivity index (χ1) is 10.3. The van der Waals surface area contributed by atoms with Gasteiger partial charge < -0.3 is 10.4 Å². The van der Waals surface area contributed by atoms with Gasteiger partial charge in [0.25, 0.3) is 0 Å². The number of hydrogen-bond donors (Lipinski definition) is 2. The van der Waals surface area contributed by atoms with E-state index in [1.807, 2.05) is 36.1 Å². The summed E-state index contributed by atoms with van der Waals surface area (Å²) in [5.74, 6) is 0. The maximum Gasteiger partial charge on any atom is 0.123 e. The summed E-state index contributed by atoms with van der Waals surface area (Å²) < 4.78 is 1.74. The first-order valence-electron chi connectivity index (χ1n) is 6.71. The van der Waals surface area contributed by atoms with Crippen LogP contribution in [-0.2, 0) is 13.1 Å². The van der Waals surface area contributed by atoms with E-state index in [-0.39, 0.29) is 6.61 Å². The van der Waals surface area contributed by atoms with Crippen LogP contribution in [0.15, 0.2) is 48.2 Å². The second-order valence-corrected chi connectivity index (χ2v) is 5.50. The van der Waals surface area contributed by atoms with Crippen molar-refractivity contribution in [1.29, 1.82) is 0 Å². The lowest BCUT2D eigenvalue weighted by Gasteiger charge is -2.06. The molecule has 0 bridgehead atoms. The van der Waals surface area contributed by atoms with E-state index in [0.29, 0.717) is 13.1 Å². The lowest BCUT2D eigenvalue weighted by molar-refractivity contribution is 0.269. The summed E-state index contributed by atoms with van der Waals surface area (Å²) in [6, 6.07) is 8.21. The molecule has 3 rings (SSSR count). The van der Waals surface area contributed by atoms with E-state index in [2.05, 4.69) is 27.5 Å². The van der Waals surface area contributed by atoms with E-state index >= 15 is 0 Å². The SMILES string of the molecule is OCCn1cc(CNc2cccc(-c3nccs3)c2)cn1. The average Bonchev–Trinajstić information content (AvgIpc) is 3.18. The molecule has 0 saturated heterocycles. The van der Waals surface area contributed by atoms with Gasteiger partial charge in [0.15, 0.2) is 0 Å². The van der Waals surface area contributed by atoms with Crippen LogP contribution in [-0.4, -0.2) is 26.5 Å². The van der Waals surface area contributed by atoms with Crippen molar-refractivity contribution in [3.8, 4) is 10.6 Å². The minimum absolute atomic E-state index is 0.102. The molecule has 1 aromatic carbocycles. The van der Waals surface area contributed by atoms with Gasteiger partial charge in [-0.05, 0) is 12.1 Å². The van der Waals surface area contributed by atoms with Gasteiger partial charge in [-0.15, -0.1) is 11.3 Å². The standard InChI is InChI=1S/C15H16N4OS/c20-6-5-19-11-12(10-18-19)9-17-14-3-1-2-13(8-14)15-16-4-7-21-15/h1-4,7-8,10-11,17,20H,5-6,9H2. The average molecular weight is 300 g/mol. The van der Waals surface area contributed by atoms with Crippen LogP contribution in [0.1, 0.15) is 5.56 Å². The van der Waals surface area contributed by atoms with Crippen LogP contribution in [0, 0.1) is 0 Å². The summed E-state index contributed by atoms with van der Waals surface area (Å²) in [7, 11) is 0. The highest BCUT2D eigenvalue weighted by atomic mass is 32.1.